The minimum absolute atomic E-state index is 0.0200. The van der Waals surface area contributed by atoms with Crippen molar-refractivity contribution in [1.82, 2.24) is 4.90 Å². The van der Waals surface area contributed by atoms with Crippen LogP contribution in [-0.4, -0.2) is 49.6 Å². The average Bonchev–Trinajstić information content (AvgIpc) is 2.45. The van der Waals surface area contributed by atoms with Crippen LogP contribution in [0.2, 0.25) is 0 Å². The fraction of sp³-hybridized carbons (Fsp3) is 0.615. The molecule has 108 valence electrons. The number of nitrogens with zero attached hydrogens (tertiary/aromatic N) is 1. The third kappa shape index (κ3) is 4.73. The van der Waals surface area contributed by atoms with Crippen molar-refractivity contribution in [3.63, 3.8) is 0 Å². The summed E-state index contributed by atoms with van der Waals surface area (Å²) in [5.74, 6) is -1.28. The molecule has 0 aromatic rings. The van der Waals surface area contributed by atoms with E-state index in [0.717, 1.165) is 0 Å². The van der Waals surface area contributed by atoms with Gasteiger partial charge in [-0.2, -0.15) is 0 Å². The largest absolute Gasteiger partial charge is 0.467 e. The van der Waals surface area contributed by atoms with Gasteiger partial charge >= 0.3 is 11.9 Å². The van der Waals surface area contributed by atoms with E-state index in [0.29, 0.717) is 5.57 Å². The summed E-state index contributed by atoms with van der Waals surface area (Å²) in [6.45, 7) is 4.94. The SMILES string of the molecule is C/C=C(\CN(C(=O)CC)C(C)C(=O)OC)C(=O)OC. The first-order valence-electron chi connectivity index (χ1n) is 6.03. The number of esters is 2. The van der Waals surface area contributed by atoms with Gasteiger partial charge in [0, 0.05) is 6.42 Å². The van der Waals surface area contributed by atoms with Crippen molar-refractivity contribution in [1.29, 1.82) is 0 Å². The Hall–Kier alpha value is -1.85. The zero-order valence-corrected chi connectivity index (χ0v) is 12.1. The van der Waals surface area contributed by atoms with E-state index >= 15 is 0 Å². The Bertz CT molecular complexity index is 375. The molecular formula is C13H21NO5. The summed E-state index contributed by atoms with van der Waals surface area (Å²) in [5, 5.41) is 0. The van der Waals surface area contributed by atoms with Crippen molar-refractivity contribution in [3.8, 4) is 0 Å². The number of hydrogen-bond acceptors (Lipinski definition) is 5. The predicted octanol–water partition coefficient (Wildman–Crippen LogP) is 0.906. The van der Waals surface area contributed by atoms with Crippen LogP contribution >= 0.6 is 0 Å². The van der Waals surface area contributed by atoms with E-state index < -0.39 is 18.0 Å². The van der Waals surface area contributed by atoms with E-state index in [1.807, 2.05) is 0 Å². The highest BCUT2D eigenvalue weighted by Crippen LogP contribution is 2.10. The highest BCUT2D eigenvalue weighted by atomic mass is 16.5. The van der Waals surface area contributed by atoms with Crippen LogP contribution in [-0.2, 0) is 23.9 Å². The molecule has 0 rings (SSSR count). The van der Waals surface area contributed by atoms with Crippen molar-refractivity contribution < 1.29 is 23.9 Å². The number of rotatable bonds is 6. The van der Waals surface area contributed by atoms with Gasteiger partial charge in [-0.05, 0) is 13.8 Å². The second-order valence-electron chi connectivity index (χ2n) is 3.88. The fourth-order valence-electron chi connectivity index (χ4n) is 1.53. The van der Waals surface area contributed by atoms with Gasteiger partial charge in [-0.15, -0.1) is 0 Å². The molecular weight excluding hydrogens is 250 g/mol. The van der Waals surface area contributed by atoms with E-state index in [2.05, 4.69) is 9.47 Å². The summed E-state index contributed by atoms with van der Waals surface area (Å²) >= 11 is 0. The first kappa shape index (κ1) is 17.2. The van der Waals surface area contributed by atoms with Crippen LogP contribution in [0.5, 0.6) is 0 Å². The van der Waals surface area contributed by atoms with Gasteiger partial charge in [0.25, 0.3) is 0 Å². The molecule has 6 nitrogen and oxygen atoms in total. The molecule has 0 radical (unpaired) electrons. The van der Waals surface area contributed by atoms with E-state index in [1.54, 1.807) is 26.8 Å². The lowest BCUT2D eigenvalue weighted by molar-refractivity contribution is -0.152. The van der Waals surface area contributed by atoms with Crippen LogP contribution in [0.25, 0.3) is 0 Å². The minimum atomic E-state index is -0.753. The monoisotopic (exact) mass is 271 g/mol. The Morgan fingerprint density at radius 2 is 1.79 bits per heavy atom. The Balaban J connectivity index is 5.12. The van der Waals surface area contributed by atoms with Gasteiger partial charge in [-0.1, -0.05) is 13.0 Å². The van der Waals surface area contributed by atoms with Gasteiger partial charge < -0.3 is 14.4 Å². The number of allylic oxidation sites excluding steroid dienone is 1. The van der Waals surface area contributed by atoms with Crippen LogP contribution in [0.3, 0.4) is 0 Å². The molecule has 0 aromatic heterocycles. The van der Waals surface area contributed by atoms with Crippen molar-refractivity contribution in [2.24, 2.45) is 0 Å². The quantitative estimate of drug-likeness (QED) is 0.530. The highest BCUT2D eigenvalue weighted by molar-refractivity contribution is 5.91. The summed E-state index contributed by atoms with van der Waals surface area (Å²) in [7, 11) is 2.52. The Kier molecular flexibility index (Phi) is 7.48. The van der Waals surface area contributed by atoms with Gasteiger partial charge in [-0.3, -0.25) is 4.79 Å². The number of methoxy groups -OCH3 is 2. The molecule has 0 bridgehead atoms. The number of carbonyl (C=O) groups excluding carboxylic acids is 3. The zero-order chi connectivity index (χ0) is 15.0. The second kappa shape index (κ2) is 8.29. The van der Waals surface area contributed by atoms with Crippen molar-refractivity contribution >= 4 is 17.8 Å². The molecule has 0 aromatic carbocycles. The van der Waals surface area contributed by atoms with Gasteiger partial charge in [0.15, 0.2) is 0 Å². The molecule has 1 atom stereocenters. The topological polar surface area (TPSA) is 72.9 Å². The van der Waals surface area contributed by atoms with Gasteiger partial charge in [-0.25, -0.2) is 9.59 Å². The Morgan fingerprint density at radius 1 is 1.21 bits per heavy atom. The molecule has 0 N–H and O–H groups in total. The summed E-state index contributed by atoms with van der Waals surface area (Å²) in [6.07, 6.45) is 1.80. The van der Waals surface area contributed by atoms with E-state index in [-0.39, 0.29) is 18.9 Å². The molecule has 0 fully saturated rings. The van der Waals surface area contributed by atoms with Crippen molar-refractivity contribution in [2.45, 2.75) is 33.2 Å². The molecule has 19 heavy (non-hydrogen) atoms. The maximum atomic E-state index is 11.9. The number of ether oxygens (including phenoxy) is 2. The van der Waals surface area contributed by atoms with Crippen molar-refractivity contribution in [2.75, 3.05) is 20.8 Å². The maximum Gasteiger partial charge on any atom is 0.335 e. The first-order chi connectivity index (χ1) is 8.92. The summed E-state index contributed by atoms with van der Waals surface area (Å²) in [5.41, 5.74) is 0.319. The third-order valence-corrected chi connectivity index (χ3v) is 2.77. The van der Waals surface area contributed by atoms with Gasteiger partial charge in [0.2, 0.25) is 5.91 Å². The molecule has 1 amide bonds. The van der Waals surface area contributed by atoms with Crippen molar-refractivity contribution in [3.05, 3.63) is 11.6 Å². The molecule has 0 saturated carbocycles. The minimum Gasteiger partial charge on any atom is -0.467 e. The summed E-state index contributed by atoms with van der Waals surface area (Å²) in [6, 6.07) is -0.753. The summed E-state index contributed by atoms with van der Waals surface area (Å²) < 4.78 is 9.24. The van der Waals surface area contributed by atoms with E-state index in [4.69, 9.17) is 0 Å². The average molecular weight is 271 g/mol. The summed E-state index contributed by atoms with van der Waals surface area (Å²) in [4.78, 5) is 36.2. The molecule has 0 spiro atoms. The van der Waals surface area contributed by atoms with Crippen LogP contribution in [0, 0.1) is 0 Å². The number of amides is 1. The van der Waals surface area contributed by atoms with Gasteiger partial charge in [0.1, 0.15) is 6.04 Å². The van der Waals surface area contributed by atoms with Gasteiger partial charge in [0.05, 0.1) is 26.3 Å². The Labute approximate surface area is 113 Å². The highest BCUT2D eigenvalue weighted by Gasteiger charge is 2.27. The van der Waals surface area contributed by atoms with Crippen LogP contribution in [0.4, 0.5) is 0 Å². The lowest BCUT2D eigenvalue weighted by Crippen LogP contribution is -2.45. The fourth-order valence-corrected chi connectivity index (χ4v) is 1.53. The molecule has 0 aliphatic rings. The van der Waals surface area contributed by atoms with Crippen LogP contribution in [0.1, 0.15) is 27.2 Å². The third-order valence-electron chi connectivity index (χ3n) is 2.77. The smallest absolute Gasteiger partial charge is 0.335 e. The second-order valence-corrected chi connectivity index (χ2v) is 3.88. The maximum absolute atomic E-state index is 11.9. The van der Waals surface area contributed by atoms with Crippen LogP contribution < -0.4 is 0 Å². The molecule has 0 saturated heterocycles. The lowest BCUT2D eigenvalue weighted by Gasteiger charge is -2.27. The number of hydrogen-bond donors (Lipinski definition) is 0. The molecule has 1 unspecified atom stereocenters. The van der Waals surface area contributed by atoms with Crippen LogP contribution in [0.15, 0.2) is 11.6 Å². The lowest BCUT2D eigenvalue weighted by atomic mass is 10.1. The molecule has 0 heterocycles. The first-order valence-corrected chi connectivity index (χ1v) is 6.03. The predicted molar refractivity (Wildman–Crippen MR) is 69.3 cm³/mol. The normalized spacial score (nSPS) is 12.6. The molecule has 0 aliphatic carbocycles. The number of carbonyl (C=O) groups is 3. The van der Waals surface area contributed by atoms with E-state index in [9.17, 15) is 14.4 Å². The van der Waals surface area contributed by atoms with E-state index in [1.165, 1.54) is 19.1 Å². The molecule has 0 aliphatic heterocycles. The molecule has 6 heteroatoms. The Morgan fingerprint density at radius 3 is 2.16 bits per heavy atom. The zero-order valence-electron chi connectivity index (χ0n) is 12.1. The standard InChI is InChI=1S/C13H21NO5/c1-6-10(13(17)19-5)8-14(11(15)7-2)9(3)12(16)18-4/h6,9H,7-8H2,1-5H3/b10-6+.